The molecule has 3 aromatic rings. The number of ether oxygens (including phenoxy) is 2. The molecule has 0 bridgehead atoms. The fraction of sp³-hybridized carbons (Fsp3) is 0.158. The minimum Gasteiger partial charge on any atom is -0.496 e. The quantitative estimate of drug-likeness (QED) is 0.701. The minimum absolute atomic E-state index is 0.356. The number of hydrogen-bond donors (Lipinski definition) is 1. The molecule has 25 heavy (non-hydrogen) atoms. The summed E-state index contributed by atoms with van der Waals surface area (Å²) in [5.74, 6) is 1.94. The van der Waals surface area contributed by atoms with Crippen LogP contribution < -0.4 is 15.2 Å². The summed E-state index contributed by atoms with van der Waals surface area (Å²) in [6.45, 7) is 2.27. The monoisotopic (exact) mass is 336 g/mol. The highest BCUT2D eigenvalue weighted by atomic mass is 16.5. The molecule has 0 fully saturated rings. The number of nitrogen functional groups attached to an aromatic ring is 1. The van der Waals surface area contributed by atoms with E-state index in [1.165, 1.54) is 0 Å². The number of aryl methyl sites for hydroxylation is 1. The first-order valence-corrected chi connectivity index (χ1v) is 7.86. The molecular formula is C19H20N4O2. The second kappa shape index (κ2) is 7.53. The van der Waals surface area contributed by atoms with Gasteiger partial charge in [-0.2, -0.15) is 5.10 Å². The zero-order valence-corrected chi connectivity index (χ0v) is 14.2. The van der Waals surface area contributed by atoms with Crippen LogP contribution in [0, 0.1) is 6.92 Å². The van der Waals surface area contributed by atoms with Gasteiger partial charge in [-0.1, -0.05) is 18.2 Å². The van der Waals surface area contributed by atoms with Crippen molar-refractivity contribution in [3.8, 4) is 11.5 Å². The lowest BCUT2D eigenvalue weighted by Crippen LogP contribution is -2.01. The molecule has 0 unspecified atom stereocenters. The summed E-state index contributed by atoms with van der Waals surface area (Å²) in [5.41, 5.74) is 8.46. The van der Waals surface area contributed by atoms with Crippen LogP contribution in [0.25, 0.3) is 0 Å². The minimum atomic E-state index is 0.356. The first-order valence-electron chi connectivity index (χ1n) is 7.86. The maximum absolute atomic E-state index is 5.82. The van der Waals surface area contributed by atoms with E-state index in [9.17, 15) is 0 Å². The van der Waals surface area contributed by atoms with Gasteiger partial charge in [-0.05, 0) is 42.8 Å². The SMILES string of the molecule is COc1ccc(C=Nn2cc(C)nc2N)cc1COc1ccccc1. The molecule has 0 spiro atoms. The van der Waals surface area contributed by atoms with E-state index in [4.69, 9.17) is 15.2 Å². The van der Waals surface area contributed by atoms with Gasteiger partial charge in [0.2, 0.25) is 5.95 Å². The molecule has 1 aromatic heterocycles. The Morgan fingerprint density at radius 2 is 2.00 bits per heavy atom. The van der Waals surface area contributed by atoms with E-state index in [-0.39, 0.29) is 0 Å². The Balaban J connectivity index is 1.78. The Bertz CT molecular complexity index is 872. The van der Waals surface area contributed by atoms with E-state index in [0.717, 1.165) is 28.3 Å². The van der Waals surface area contributed by atoms with Gasteiger partial charge in [-0.15, -0.1) is 0 Å². The molecule has 0 saturated carbocycles. The van der Waals surface area contributed by atoms with Crippen molar-refractivity contribution in [3.05, 3.63) is 71.5 Å². The van der Waals surface area contributed by atoms with Crippen molar-refractivity contribution in [2.75, 3.05) is 12.8 Å². The molecule has 2 aromatic carbocycles. The smallest absolute Gasteiger partial charge is 0.221 e. The molecule has 0 aliphatic carbocycles. The van der Waals surface area contributed by atoms with Crippen molar-refractivity contribution < 1.29 is 9.47 Å². The normalized spacial score (nSPS) is 11.0. The predicted octanol–water partition coefficient (Wildman–Crippen LogP) is 3.24. The zero-order chi connectivity index (χ0) is 17.6. The van der Waals surface area contributed by atoms with Crippen LogP contribution in [-0.2, 0) is 6.61 Å². The number of hydrogen-bond acceptors (Lipinski definition) is 5. The second-order valence-corrected chi connectivity index (χ2v) is 5.50. The number of aromatic nitrogens is 2. The average molecular weight is 336 g/mol. The van der Waals surface area contributed by atoms with Gasteiger partial charge in [0, 0.05) is 5.56 Å². The Morgan fingerprint density at radius 3 is 2.68 bits per heavy atom. The molecule has 0 aliphatic rings. The molecule has 0 aliphatic heterocycles. The summed E-state index contributed by atoms with van der Waals surface area (Å²) >= 11 is 0. The maximum Gasteiger partial charge on any atom is 0.221 e. The number of nitrogens with zero attached hydrogens (tertiary/aromatic N) is 3. The molecule has 6 heteroatoms. The number of methoxy groups -OCH3 is 1. The van der Waals surface area contributed by atoms with Crippen LogP contribution in [-0.4, -0.2) is 23.0 Å². The molecule has 3 rings (SSSR count). The fourth-order valence-electron chi connectivity index (χ4n) is 2.39. The van der Waals surface area contributed by atoms with Gasteiger partial charge in [0.15, 0.2) is 0 Å². The van der Waals surface area contributed by atoms with Crippen molar-refractivity contribution in [2.45, 2.75) is 13.5 Å². The van der Waals surface area contributed by atoms with E-state index < -0.39 is 0 Å². The number of anilines is 1. The van der Waals surface area contributed by atoms with Crippen LogP contribution in [0.4, 0.5) is 5.95 Å². The molecular weight excluding hydrogens is 316 g/mol. The molecule has 2 N–H and O–H groups in total. The van der Waals surface area contributed by atoms with E-state index in [0.29, 0.717) is 12.6 Å². The average Bonchev–Trinajstić information content (AvgIpc) is 2.96. The molecule has 6 nitrogen and oxygen atoms in total. The van der Waals surface area contributed by atoms with Crippen LogP contribution in [0.2, 0.25) is 0 Å². The lowest BCUT2D eigenvalue weighted by atomic mass is 10.1. The molecule has 0 atom stereocenters. The summed E-state index contributed by atoms with van der Waals surface area (Å²) < 4.78 is 12.8. The van der Waals surface area contributed by atoms with E-state index in [1.54, 1.807) is 24.2 Å². The number of imidazole rings is 1. The largest absolute Gasteiger partial charge is 0.496 e. The molecule has 128 valence electrons. The lowest BCUT2D eigenvalue weighted by molar-refractivity contribution is 0.296. The zero-order valence-electron chi connectivity index (χ0n) is 14.2. The third kappa shape index (κ3) is 4.17. The highest BCUT2D eigenvalue weighted by Crippen LogP contribution is 2.21. The Labute approximate surface area is 146 Å². The number of rotatable bonds is 6. The van der Waals surface area contributed by atoms with Gasteiger partial charge in [0.05, 0.1) is 25.2 Å². The van der Waals surface area contributed by atoms with Gasteiger partial charge in [0.1, 0.15) is 18.1 Å². The van der Waals surface area contributed by atoms with Gasteiger partial charge in [-0.3, -0.25) is 0 Å². The first kappa shape index (κ1) is 16.6. The van der Waals surface area contributed by atoms with Crippen LogP contribution in [0.5, 0.6) is 11.5 Å². The lowest BCUT2D eigenvalue weighted by Gasteiger charge is -2.11. The highest BCUT2D eigenvalue weighted by Gasteiger charge is 2.06. The molecule has 1 heterocycles. The van der Waals surface area contributed by atoms with Crippen LogP contribution >= 0.6 is 0 Å². The van der Waals surface area contributed by atoms with E-state index >= 15 is 0 Å². The van der Waals surface area contributed by atoms with Crippen molar-refractivity contribution in [1.82, 2.24) is 9.66 Å². The third-order valence-corrected chi connectivity index (χ3v) is 3.61. The molecule has 0 amide bonds. The van der Waals surface area contributed by atoms with Crippen molar-refractivity contribution >= 4 is 12.2 Å². The Morgan fingerprint density at radius 1 is 1.20 bits per heavy atom. The highest BCUT2D eigenvalue weighted by molar-refractivity contribution is 5.80. The van der Waals surface area contributed by atoms with Gasteiger partial charge in [-0.25, -0.2) is 9.66 Å². The number of benzene rings is 2. The van der Waals surface area contributed by atoms with Crippen LogP contribution in [0.15, 0.2) is 59.8 Å². The molecule has 0 radical (unpaired) electrons. The molecule has 0 saturated heterocycles. The van der Waals surface area contributed by atoms with E-state index in [1.807, 2.05) is 55.5 Å². The van der Waals surface area contributed by atoms with Crippen molar-refractivity contribution in [2.24, 2.45) is 5.10 Å². The van der Waals surface area contributed by atoms with Gasteiger partial charge >= 0.3 is 0 Å². The number of nitrogens with two attached hydrogens (primary N) is 1. The fourth-order valence-corrected chi connectivity index (χ4v) is 2.39. The van der Waals surface area contributed by atoms with Crippen LogP contribution in [0.1, 0.15) is 16.8 Å². The van der Waals surface area contributed by atoms with Gasteiger partial charge < -0.3 is 15.2 Å². The Hall–Kier alpha value is -3.28. The first-order chi connectivity index (χ1) is 12.2. The van der Waals surface area contributed by atoms with Crippen LogP contribution in [0.3, 0.4) is 0 Å². The Kier molecular flexibility index (Phi) is 4.99. The summed E-state index contributed by atoms with van der Waals surface area (Å²) in [5, 5.41) is 4.33. The summed E-state index contributed by atoms with van der Waals surface area (Å²) in [4.78, 5) is 4.12. The predicted molar refractivity (Wildman–Crippen MR) is 98.1 cm³/mol. The maximum atomic E-state index is 5.82. The third-order valence-electron chi connectivity index (χ3n) is 3.61. The standard InChI is InChI=1S/C19H20N4O2/c1-14-12-23(19(20)22-14)21-11-15-8-9-18(24-2)16(10-15)13-25-17-6-4-3-5-7-17/h3-12H,13H2,1-2H3,(H2,20,22). The van der Waals surface area contributed by atoms with Crippen molar-refractivity contribution in [3.63, 3.8) is 0 Å². The second-order valence-electron chi connectivity index (χ2n) is 5.50. The summed E-state index contributed by atoms with van der Waals surface area (Å²) in [6.07, 6.45) is 3.50. The summed E-state index contributed by atoms with van der Waals surface area (Å²) in [6, 6.07) is 15.5. The summed E-state index contributed by atoms with van der Waals surface area (Å²) in [7, 11) is 1.64. The van der Waals surface area contributed by atoms with Crippen molar-refractivity contribution in [1.29, 1.82) is 0 Å². The van der Waals surface area contributed by atoms with E-state index in [2.05, 4.69) is 10.1 Å². The number of para-hydroxylation sites is 1. The van der Waals surface area contributed by atoms with Gasteiger partial charge in [0.25, 0.3) is 0 Å². The topological polar surface area (TPSA) is 74.7 Å².